The molecule has 16 heavy (non-hydrogen) atoms. The molecule has 0 aromatic carbocycles. The van der Waals surface area contributed by atoms with E-state index >= 15 is 0 Å². The van der Waals surface area contributed by atoms with Gasteiger partial charge in [0.2, 0.25) is 0 Å². The van der Waals surface area contributed by atoms with Crippen molar-refractivity contribution in [1.29, 1.82) is 0 Å². The highest BCUT2D eigenvalue weighted by molar-refractivity contribution is 5.02. The summed E-state index contributed by atoms with van der Waals surface area (Å²) in [7, 11) is 1.78. The van der Waals surface area contributed by atoms with Crippen molar-refractivity contribution < 1.29 is 4.74 Å². The molecule has 4 fully saturated rings. The van der Waals surface area contributed by atoms with E-state index in [0.29, 0.717) is 5.41 Å². The molecule has 0 aromatic heterocycles. The first-order valence-electron chi connectivity index (χ1n) is 6.99. The van der Waals surface area contributed by atoms with Crippen molar-refractivity contribution in [3.63, 3.8) is 0 Å². The van der Waals surface area contributed by atoms with E-state index in [0.717, 1.165) is 30.9 Å². The van der Waals surface area contributed by atoms with Gasteiger partial charge >= 0.3 is 0 Å². The second kappa shape index (κ2) is 4.30. The summed E-state index contributed by atoms with van der Waals surface area (Å²) < 4.78 is 5.10. The Bertz CT molecular complexity index is 216. The third-order valence-electron chi connectivity index (χ3n) is 5.15. The smallest absolute Gasteiger partial charge is 0.0587 e. The molecule has 4 rings (SSSR count). The summed E-state index contributed by atoms with van der Waals surface area (Å²) in [5.74, 6) is 3.24. The number of rotatable bonds is 5. The Morgan fingerprint density at radius 3 is 2.12 bits per heavy atom. The first-order chi connectivity index (χ1) is 7.80. The van der Waals surface area contributed by atoms with Gasteiger partial charge in [0.15, 0.2) is 0 Å². The van der Waals surface area contributed by atoms with Crippen molar-refractivity contribution in [1.82, 2.24) is 5.32 Å². The molecule has 0 aliphatic heterocycles. The largest absolute Gasteiger partial charge is 0.383 e. The van der Waals surface area contributed by atoms with Crippen LogP contribution in [0.1, 0.15) is 38.5 Å². The lowest BCUT2D eigenvalue weighted by atomic mass is 9.49. The molecule has 0 aromatic rings. The minimum absolute atomic E-state index is 0.683. The van der Waals surface area contributed by atoms with Crippen LogP contribution < -0.4 is 5.32 Å². The van der Waals surface area contributed by atoms with E-state index in [1.807, 2.05) is 0 Å². The molecule has 4 saturated carbocycles. The fraction of sp³-hybridized carbons (Fsp3) is 1.00. The van der Waals surface area contributed by atoms with E-state index < -0.39 is 0 Å². The monoisotopic (exact) mass is 223 g/mol. The van der Waals surface area contributed by atoms with Gasteiger partial charge in [0.05, 0.1) is 6.61 Å². The lowest BCUT2D eigenvalue weighted by molar-refractivity contribution is -0.0516. The van der Waals surface area contributed by atoms with E-state index in [2.05, 4.69) is 5.32 Å². The molecule has 92 valence electrons. The Morgan fingerprint density at radius 2 is 1.62 bits per heavy atom. The van der Waals surface area contributed by atoms with Gasteiger partial charge in [0.1, 0.15) is 0 Å². The van der Waals surface area contributed by atoms with Crippen LogP contribution in [-0.2, 0) is 4.74 Å². The Labute approximate surface area is 99.1 Å². The van der Waals surface area contributed by atoms with Gasteiger partial charge in [0.25, 0.3) is 0 Å². The SMILES string of the molecule is COCCNCC12CC3CC(CC(C3)C1)C2. The molecule has 4 aliphatic rings. The molecule has 0 radical (unpaired) electrons. The summed E-state index contributed by atoms with van der Waals surface area (Å²) in [6, 6.07) is 0. The first-order valence-corrected chi connectivity index (χ1v) is 6.99. The highest BCUT2D eigenvalue weighted by atomic mass is 16.5. The van der Waals surface area contributed by atoms with E-state index in [1.165, 1.54) is 25.8 Å². The van der Waals surface area contributed by atoms with Gasteiger partial charge in [-0.1, -0.05) is 0 Å². The van der Waals surface area contributed by atoms with Gasteiger partial charge in [0, 0.05) is 20.2 Å². The van der Waals surface area contributed by atoms with Crippen molar-refractivity contribution in [2.24, 2.45) is 23.2 Å². The number of hydrogen-bond donors (Lipinski definition) is 1. The van der Waals surface area contributed by atoms with E-state index in [9.17, 15) is 0 Å². The second-order valence-electron chi connectivity index (χ2n) is 6.59. The van der Waals surface area contributed by atoms with Gasteiger partial charge < -0.3 is 10.1 Å². The predicted octanol–water partition coefficient (Wildman–Crippen LogP) is 2.44. The number of ether oxygens (including phenoxy) is 1. The van der Waals surface area contributed by atoms with E-state index in [4.69, 9.17) is 4.74 Å². The lowest BCUT2D eigenvalue weighted by Crippen LogP contribution is -2.50. The predicted molar refractivity (Wildman–Crippen MR) is 65.4 cm³/mol. The zero-order valence-electron chi connectivity index (χ0n) is 10.5. The maximum absolute atomic E-state index is 5.10. The maximum atomic E-state index is 5.10. The molecule has 4 bridgehead atoms. The van der Waals surface area contributed by atoms with Gasteiger partial charge in [-0.05, 0) is 61.7 Å². The van der Waals surface area contributed by atoms with Crippen LogP contribution in [0.4, 0.5) is 0 Å². The Hall–Kier alpha value is -0.0800. The molecule has 1 N–H and O–H groups in total. The molecule has 0 saturated heterocycles. The van der Waals surface area contributed by atoms with Crippen molar-refractivity contribution in [3.8, 4) is 0 Å². The van der Waals surface area contributed by atoms with Crippen LogP contribution in [0, 0.1) is 23.2 Å². The van der Waals surface area contributed by atoms with Crippen LogP contribution in [-0.4, -0.2) is 26.8 Å². The van der Waals surface area contributed by atoms with Gasteiger partial charge in [-0.3, -0.25) is 0 Å². The summed E-state index contributed by atoms with van der Waals surface area (Å²) in [6.45, 7) is 3.13. The second-order valence-corrected chi connectivity index (χ2v) is 6.59. The highest BCUT2D eigenvalue weighted by Gasteiger charge is 2.50. The van der Waals surface area contributed by atoms with Crippen LogP contribution >= 0.6 is 0 Å². The number of nitrogens with one attached hydrogen (secondary N) is 1. The number of methoxy groups -OCH3 is 1. The summed E-state index contributed by atoms with van der Waals surface area (Å²) in [4.78, 5) is 0. The van der Waals surface area contributed by atoms with E-state index in [-0.39, 0.29) is 0 Å². The minimum Gasteiger partial charge on any atom is -0.383 e. The molecule has 0 spiro atoms. The highest BCUT2D eigenvalue weighted by Crippen LogP contribution is 2.59. The summed E-state index contributed by atoms with van der Waals surface area (Å²) in [5.41, 5.74) is 0.683. The Morgan fingerprint density at radius 1 is 1.06 bits per heavy atom. The quantitative estimate of drug-likeness (QED) is 0.723. The normalized spacial score (nSPS) is 45.2. The van der Waals surface area contributed by atoms with Gasteiger partial charge in [-0.25, -0.2) is 0 Å². The van der Waals surface area contributed by atoms with Gasteiger partial charge in [-0.2, -0.15) is 0 Å². The third kappa shape index (κ3) is 2.02. The first kappa shape index (κ1) is 11.0. The zero-order chi connectivity index (χ0) is 11.0. The molecule has 0 heterocycles. The number of hydrogen-bond acceptors (Lipinski definition) is 2. The minimum atomic E-state index is 0.683. The van der Waals surface area contributed by atoms with E-state index in [1.54, 1.807) is 26.4 Å². The molecular formula is C14H25NO. The maximum Gasteiger partial charge on any atom is 0.0587 e. The van der Waals surface area contributed by atoms with Crippen molar-refractivity contribution >= 4 is 0 Å². The van der Waals surface area contributed by atoms with Gasteiger partial charge in [-0.15, -0.1) is 0 Å². The topological polar surface area (TPSA) is 21.3 Å². The van der Waals surface area contributed by atoms with Crippen molar-refractivity contribution in [3.05, 3.63) is 0 Å². The average molecular weight is 223 g/mol. The van der Waals surface area contributed by atoms with Crippen molar-refractivity contribution in [2.45, 2.75) is 38.5 Å². The van der Waals surface area contributed by atoms with Crippen molar-refractivity contribution in [2.75, 3.05) is 26.8 Å². The average Bonchev–Trinajstić information content (AvgIpc) is 2.22. The summed E-state index contributed by atoms with van der Waals surface area (Å²) in [5, 5.41) is 3.62. The third-order valence-corrected chi connectivity index (χ3v) is 5.15. The molecule has 0 unspecified atom stereocenters. The fourth-order valence-electron chi connectivity index (χ4n) is 5.03. The Balaban J connectivity index is 1.56. The molecule has 0 atom stereocenters. The summed E-state index contributed by atoms with van der Waals surface area (Å²) >= 11 is 0. The molecular weight excluding hydrogens is 198 g/mol. The molecule has 4 aliphatic carbocycles. The summed E-state index contributed by atoms with van der Waals surface area (Å²) in [6.07, 6.45) is 9.20. The standard InChI is InChI=1S/C14H25NO/c1-16-3-2-15-10-14-7-11-4-12(8-14)6-13(5-11)9-14/h11-13,15H,2-10H2,1H3. The molecule has 2 nitrogen and oxygen atoms in total. The fourth-order valence-corrected chi connectivity index (χ4v) is 5.03. The zero-order valence-corrected chi connectivity index (χ0v) is 10.5. The Kier molecular flexibility index (Phi) is 2.97. The molecule has 2 heteroatoms. The lowest BCUT2D eigenvalue weighted by Gasteiger charge is -2.57. The van der Waals surface area contributed by atoms with Crippen LogP contribution in [0.3, 0.4) is 0 Å². The molecule has 0 amide bonds. The van der Waals surface area contributed by atoms with Crippen LogP contribution in [0.2, 0.25) is 0 Å². The van der Waals surface area contributed by atoms with Crippen LogP contribution in [0.15, 0.2) is 0 Å². The van der Waals surface area contributed by atoms with Crippen LogP contribution in [0.5, 0.6) is 0 Å². The van der Waals surface area contributed by atoms with Crippen LogP contribution in [0.25, 0.3) is 0 Å².